The van der Waals surface area contributed by atoms with Gasteiger partial charge in [0.1, 0.15) is 0 Å². The maximum atomic E-state index is 12.1. The van der Waals surface area contributed by atoms with E-state index < -0.39 is 0 Å². The lowest BCUT2D eigenvalue weighted by Crippen LogP contribution is -2.19. The molecule has 3 heteroatoms. The molecular formula is C20H22N2O. The van der Waals surface area contributed by atoms with Crippen molar-refractivity contribution in [2.45, 2.75) is 39.5 Å². The molecule has 0 heterocycles. The molecule has 0 unspecified atom stereocenters. The van der Waals surface area contributed by atoms with Gasteiger partial charge in [0, 0.05) is 5.56 Å². The lowest BCUT2D eigenvalue weighted by molar-refractivity contribution is 0.0954. The molecule has 23 heavy (non-hydrogen) atoms. The summed E-state index contributed by atoms with van der Waals surface area (Å²) >= 11 is 0. The van der Waals surface area contributed by atoms with Crippen LogP contribution in [-0.2, 0) is 12.8 Å². The highest BCUT2D eigenvalue weighted by molar-refractivity contribution is 6.01. The second kappa shape index (κ2) is 6.78. The number of hydrazone groups is 1. The van der Waals surface area contributed by atoms with Gasteiger partial charge in [-0.3, -0.25) is 4.79 Å². The number of nitrogens with one attached hydrogen (secondary N) is 1. The number of hydrogen-bond acceptors (Lipinski definition) is 2. The molecule has 0 radical (unpaired) electrons. The summed E-state index contributed by atoms with van der Waals surface area (Å²) in [5.41, 5.74) is 9.14. The van der Waals surface area contributed by atoms with Crippen molar-refractivity contribution in [3.05, 3.63) is 70.3 Å². The predicted molar refractivity (Wildman–Crippen MR) is 93.9 cm³/mol. The van der Waals surface area contributed by atoms with Crippen LogP contribution in [0.2, 0.25) is 0 Å². The summed E-state index contributed by atoms with van der Waals surface area (Å²) in [5, 5.41) is 4.27. The molecule has 0 aromatic heterocycles. The zero-order valence-corrected chi connectivity index (χ0v) is 13.7. The standard InChI is InChI=1S/C20H22N2O/c1-14-6-5-9-19(12-14)20(23)22-21-15(2)17-11-10-16-7-3-4-8-18(16)13-17/h5-6,9-13H,3-4,7-8H2,1-2H3,(H,22,23). The molecule has 1 aliphatic carbocycles. The second-order valence-corrected chi connectivity index (χ2v) is 6.20. The van der Waals surface area contributed by atoms with Gasteiger partial charge in [0.25, 0.3) is 5.91 Å². The maximum absolute atomic E-state index is 12.1. The molecule has 0 saturated carbocycles. The minimum absolute atomic E-state index is 0.175. The van der Waals surface area contributed by atoms with Gasteiger partial charge in [0.15, 0.2) is 0 Å². The number of aryl methyl sites for hydroxylation is 3. The first kappa shape index (κ1) is 15.5. The summed E-state index contributed by atoms with van der Waals surface area (Å²) in [7, 11) is 0. The third-order valence-corrected chi connectivity index (χ3v) is 4.37. The zero-order valence-electron chi connectivity index (χ0n) is 13.7. The smallest absolute Gasteiger partial charge is 0.267 e. The molecule has 2 aromatic carbocycles. The maximum Gasteiger partial charge on any atom is 0.271 e. The first-order valence-corrected chi connectivity index (χ1v) is 8.17. The van der Waals surface area contributed by atoms with Crippen molar-refractivity contribution in [1.29, 1.82) is 0 Å². The van der Waals surface area contributed by atoms with E-state index in [4.69, 9.17) is 0 Å². The quantitative estimate of drug-likeness (QED) is 0.675. The lowest BCUT2D eigenvalue weighted by atomic mass is 9.90. The molecular weight excluding hydrogens is 284 g/mol. The highest BCUT2D eigenvalue weighted by atomic mass is 16.2. The van der Waals surface area contributed by atoms with Crippen molar-refractivity contribution in [2.24, 2.45) is 5.10 Å². The van der Waals surface area contributed by atoms with E-state index in [1.54, 1.807) is 6.07 Å². The Kier molecular flexibility index (Phi) is 4.56. The van der Waals surface area contributed by atoms with Crippen molar-refractivity contribution >= 4 is 11.6 Å². The van der Waals surface area contributed by atoms with Crippen LogP contribution in [0.1, 0.15) is 52.4 Å². The SMILES string of the molecule is CC(=NNC(=O)c1cccc(C)c1)c1ccc2c(c1)CCCC2. The van der Waals surface area contributed by atoms with Gasteiger partial charge in [-0.25, -0.2) is 5.43 Å². The Morgan fingerprint density at radius 3 is 2.57 bits per heavy atom. The first-order valence-electron chi connectivity index (χ1n) is 8.17. The number of amides is 1. The van der Waals surface area contributed by atoms with Gasteiger partial charge in [-0.2, -0.15) is 5.10 Å². The Morgan fingerprint density at radius 1 is 1.00 bits per heavy atom. The number of carbonyl (C=O) groups excluding carboxylic acids is 1. The van der Waals surface area contributed by atoms with Crippen molar-refractivity contribution < 1.29 is 4.79 Å². The molecule has 0 fully saturated rings. The topological polar surface area (TPSA) is 41.5 Å². The molecule has 0 saturated heterocycles. The number of hydrogen-bond donors (Lipinski definition) is 1. The van der Waals surface area contributed by atoms with Gasteiger partial charge < -0.3 is 0 Å². The summed E-state index contributed by atoms with van der Waals surface area (Å²) in [6.45, 7) is 3.90. The highest BCUT2D eigenvalue weighted by Gasteiger charge is 2.11. The monoisotopic (exact) mass is 306 g/mol. The summed E-state index contributed by atoms with van der Waals surface area (Å²) in [6.07, 6.45) is 4.87. The number of carbonyl (C=O) groups is 1. The van der Waals surface area contributed by atoms with E-state index in [0.717, 1.165) is 23.3 Å². The Morgan fingerprint density at radius 2 is 1.78 bits per heavy atom. The number of nitrogens with zero attached hydrogens (tertiary/aromatic N) is 1. The minimum atomic E-state index is -0.175. The van der Waals surface area contributed by atoms with E-state index in [1.807, 2.05) is 32.0 Å². The van der Waals surface area contributed by atoms with Crippen LogP contribution in [0.3, 0.4) is 0 Å². The van der Waals surface area contributed by atoms with Gasteiger partial charge >= 0.3 is 0 Å². The van der Waals surface area contributed by atoms with Gasteiger partial charge in [0.2, 0.25) is 0 Å². The number of fused-ring (bicyclic) bond motifs is 1. The number of benzene rings is 2. The summed E-state index contributed by atoms with van der Waals surface area (Å²) in [4.78, 5) is 12.1. The van der Waals surface area contributed by atoms with Gasteiger partial charge in [0.05, 0.1) is 5.71 Å². The third kappa shape index (κ3) is 3.67. The fourth-order valence-electron chi connectivity index (χ4n) is 3.01. The molecule has 2 aromatic rings. The molecule has 1 aliphatic rings. The van der Waals surface area contributed by atoms with E-state index in [-0.39, 0.29) is 5.91 Å². The average Bonchev–Trinajstić information content (AvgIpc) is 2.59. The lowest BCUT2D eigenvalue weighted by Gasteiger charge is -2.16. The molecule has 118 valence electrons. The van der Waals surface area contributed by atoms with Crippen LogP contribution < -0.4 is 5.43 Å². The second-order valence-electron chi connectivity index (χ2n) is 6.20. The molecule has 1 amide bonds. The molecule has 0 aliphatic heterocycles. The largest absolute Gasteiger partial charge is 0.271 e. The van der Waals surface area contributed by atoms with Crippen LogP contribution in [0.25, 0.3) is 0 Å². The van der Waals surface area contributed by atoms with Crippen molar-refractivity contribution in [1.82, 2.24) is 5.43 Å². The fourth-order valence-corrected chi connectivity index (χ4v) is 3.01. The van der Waals surface area contributed by atoms with Crippen LogP contribution in [0.5, 0.6) is 0 Å². The Balaban J connectivity index is 1.73. The van der Waals surface area contributed by atoms with Crippen LogP contribution in [0.4, 0.5) is 0 Å². The van der Waals surface area contributed by atoms with E-state index >= 15 is 0 Å². The van der Waals surface area contributed by atoms with E-state index in [0.29, 0.717) is 5.56 Å². The highest BCUT2D eigenvalue weighted by Crippen LogP contribution is 2.22. The summed E-state index contributed by atoms with van der Waals surface area (Å²) < 4.78 is 0. The average molecular weight is 306 g/mol. The first-order chi connectivity index (χ1) is 11.1. The predicted octanol–water partition coefficient (Wildman–Crippen LogP) is 4.03. The fraction of sp³-hybridized carbons (Fsp3) is 0.300. The molecule has 1 N–H and O–H groups in total. The normalized spacial score (nSPS) is 14.3. The third-order valence-electron chi connectivity index (χ3n) is 4.37. The van der Waals surface area contributed by atoms with E-state index in [1.165, 1.54) is 30.4 Å². The Hall–Kier alpha value is -2.42. The van der Waals surface area contributed by atoms with Gasteiger partial charge in [-0.1, -0.05) is 29.8 Å². The van der Waals surface area contributed by atoms with Crippen LogP contribution in [-0.4, -0.2) is 11.6 Å². The Labute approximate surface area is 137 Å². The molecule has 0 bridgehead atoms. The molecule has 0 atom stereocenters. The van der Waals surface area contributed by atoms with Crippen LogP contribution in [0, 0.1) is 6.92 Å². The van der Waals surface area contributed by atoms with Crippen molar-refractivity contribution in [3.8, 4) is 0 Å². The summed E-state index contributed by atoms with van der Waals surface area (Å²) in [6, 6.07) is 14.0. The van der Waals surface area contributed by atoms with E-state index in [2.05, 4.69) is 28.7 Å². The molecule has 3 nitrogen and oxygen atoms in total. The van der Waals surface area contributed by atoms with Crippen LogP contribution in [0.15, 0.2) is 47.6 Å². The number of rotatable bonds is 3. The molecule has 0 spiro atoms. The van der Waals surface area contributed by atoms with Crippen molar-refractivity contribution in [3.63, 3.8) is 0 Å². The van der Waals surface area contributed by atoms with Gasteiger partial charge in [-0.05, 0) is 74.4 Å². The minimum Gasteiger partial charge on any atom is -0.267 e. The van der Waals surface area contributed by atoms with E-state index in [9.17, 15) is 4.79 Å². The zero-order chi connectivity index (χ0) is 16.2. The summed E-state index contributed by atoms with van der Waals surface area (Å²) in [5.74, 6) is -0.175. The van der Waals surface area contributed by atoms with Gasteiger partial charge in [-0.15, -0.1) is 0 Å². The van der Waals surface area contributed by atoms with Crippen LogP contribution >= 0.6 is 0 Å². The molecule has 3 rings (SSSR count). The van der Waals surface area contributed by atoms with Crippen molar-refractivity contribution in [2.75, 3.05) is 0 Å². The Bertz CT molecular complexity index is 762.